The highest BCUT2D eigenvalue weighted by Gasteiger charge is 2.39. The van der Waals surface area contributed by atoms with Gasteiger partial charge in [-0.15, -0.1) is 0 Å². The Morgan fingerprint density at radius 2 is 1.91 bits per heavy atom. The lowest BCUT2D eigenvalue weighted by Gasteiger charge is -2.33. The van der Waals surface area contributed by atoms with Gasteiger partial charge in [-0.3, -0.25) is 4.79 Å². The highest BCUT2D eigenvalue weighted by atomic mass is 32.2. The first-order chi connectivity index (χ1) is 16.1. The number of rotatable bonds is 4. The van der Waals surface area contributed by atoms with Crippen molar-refractivity contribution in [1.82, 2.24) is 9.97 Å². The summed E-state index contributed by atoms with van der Waals surface area (Å²) in [6.45, 7) is 4.44. The van der Waals surface area contributed by atoms with E-state index in [9.17, 15) is 18.5 Å². The number of hydrogen-bond donors (Lipinski definition) is 2. The van der Waals surface area contributed by atoms with Crippen molar-refractivity contribution in [3.8, 4) is 12.1 Å². The Kier molecular flexibility index (Phi) is 6.09. The molecule has 4 rings (SSSR count). The van der Waals surface area contributed by atoms with Gasteiger partial charge in [0.25, 0.3) is 5.91 Å². The van der Waals surface area contributed by atoms with Crippen LogP contribution in [0.5, 0.6) is 0 Å². The minimum Gasteiger partial charge on any atom is -0.326 e. The topological polar surface area (TPSA) is 140 Å². The molecule has 34 heavy (non-hydrogen) atoms. The van der Waals surface area contributed by atoms with Gasteiger partial charge in [-0.2, -0.15) is 10.5 Å². The maximum atomic E-state index is 12.8. The second-order valence-electron chi connectivity index (χ2n) is 9.92. The molecule has 1 fully saturated rings. The molecule has 2 aliphatic rings. The van der Waals surface area contributed by atoms with E-state index in [1.54, 1.807) is 12.1 Å². The van der Waals surface area contributed by atoms with Crippen molar-refractivity contribution in [3.63, 3.8) is 0 Å². The van der Waals surface area contributed by atoms with Crippen LogP contribution in [0.25, 0.3) is 5.57 Å². The highest BCUT2D eigenvalue weighted by Crippen LogP contribution is 2.43. The molecule has 8 nitrogen and oxygen atoms in total. The van der Waals surface area contributed by atoms with E-state index in [1.807, 2.05) is 12.1 Å². The van der Waals surface area contributed by atoms with E-state index in [-0.39, 0.29) is 41.3 Å². The molecule has 0 saturated carbocycles. The van der Waals surface area contributed by atoms with Crippen LogP contribution in [0.2, 0.25) is 0 Å². The molecule has 2 aromatic rings. The van der Waals surface area contributed by atoms with Crippen LogP contribution in [0, 0.1) is 28.1 Å². The predicted octanol–water partition coefficient (Wildman–Crippen LogP) is 4.10. The van der Waals surface area contributed by atoms with Gasteiger partial charge >= 0.3 is 0 Å². The van der Waals surface area contributed by atoms with Crippen molar-refractivity contribution < 1.29 is 13.2 Å². The number of hydrogen-bond acceptors (Lipinski definition) is 6. The van der Waals surface area contributed by atoms with E-state index in [2.05, 4.69) is 41.3 Å². The summed E-state index contributed by atoms with van der Waals surface area (Å²) in [7, 11) is -3.12. The molecule has 1 amide bonds. The molecule has 0 radical (unpaired) electrons. The average molecular weight is 478 g/mol. The first-order valence-corrected chi connectivity index (χ1v) is 13.1. The van der Waals surface area contributed by atoms with Crippen LogP contribution in [0.3, 0.4) is 0 Å². The fraction of sp³-hybridized carbons (Fsp3) is 0.440. The second kappa shape index (κ2) is 8.73. The van der Waals surface area contributed by atoms with E-state index in [4.69, 9.17) is 5.26 Å². The van der Waals surface area contributed by atoms with E-state index < -0.39 is 21.2 Å². The Morgan fingerprint density at radius 3 is 2.50 bits per heavy atom. The fourth-order valence-corrected chi connectivity index (χ4v) is 6.09. The third-order valence-electron chi connectivity index (χ3n) is 6.94. The Bertz CT molecular complexity index is 1340. The maximum Gasteiger partial charge on any atom is 0.291 e. The number of aromatic nitrogens is 2. The smallest absolute Gasteiger partial charge is 0.291 e. The number of sulfone groups is 1. The summed E-state index contributed by atoms with van der Waals surface area (Å²) in [5.74, 6) is -0.446. The van der Waals surface area contributed by atoms with E-state index in [1.165, 1.54) is 6.20 Å². The number of nitriles is 2. The minimum absolute atomic E-state index is 0.00894. The lowest BCUT2D eigenvalue weighted by molar-refractivity contribution is 0.101. The van der Waals surface area contributed by atoms with E-state index >= 15 is 0 Å². The lowest BCUT2D eigenvalue weighted by atomic mass is 9.74. The third-order valence-corrected chi connectivity index (χ3v) is 8.60. The molecule has 1 aliphatic carbocycles. The summed E-state index contributed by atoms with van der Waals surface area (Å²) in [6.07, 6.45) is 6.71. The summed E-state index contributed by atoms with van der Waals surface area (Å²) in [5, 5.41) is 21.9. The minimum atomic E-state index is -3.12. The number of aromatic amines is 1. The molecule has 2 heterocycles. The molecule has 0 unspecified atom stereocenters. The van der Waals surface area contributed by atoms with Crippen LogP contribution in [-0.4, -0.2) is 35.8 Å². The Hall–Kier alpha value is -3.43. The zero-order valence-corrected chi connectivity index (χ0v) is 20.1. The molecule has 2 N–H and O–H groups in total. The standard InChI is InChI=1S/C25H27N5O3S/c1-24(2)7-5-17(6-8-24)20-13-18(25(16-27)9-11-34(32,33)12-10-25)3-4-21(20)30-23(31)22-28-15-19(14-26)29-22/h3-5,13,15H,6-12H2,1-2H3,(H,28,29)(H,30,31). The molecule has 1 aliphatic heterocycles. The van der Waals surface area contributed by atoms with Crippen LogP contribution in [0.4, 0.5) is 5.69 Å². The number of carbonyl (C=O) groups is 1. The van der Waals surface area contributed by atoms with Crippen LogP contribution in [-0.2, 0) is 15.3 Å². The zero-order valence-electron chi connectivity index (χ0n) is 19.3. The Balaban J connectivity index is 1.73. The normalized spacial score (nSPS) is 20.4. The monoisotopic (exact) mass is 477 g/mol. The molecule has 1 aromatic heterocycles. The Labute approximate surface area is 199 Å². The number of allylic oxidation sites excluding steroid dienone is 2. The molecule has 9 heteroatoms. The van der Waals surface area contributed by atoms with Crippen molar-refractivity contribution >= 4 is 27.0 Å². The summed E-state index contributed by atoms with van der Waals surface area (Å²) < 4.78 is 24.0. The van der Waals surface area contributed by atoms with Gasteiger partial charge in [-0.05, 0) is 60.8 Å². The molecule has 0 bridgehead atoms. The van der Waals surface area contributed by atoms with Crippen LogP contribution in [0.1, 0.15) is 73.4 Å². The van der Waals surface area contributed by atoms with Gasteiger partial charge in [0.1, 0.15) is 21.6 Å². The second-order valence-corrected chi connectivity index (χ2v) is 12.2. The lowest BCUT2D eigenvalue weighted by Crippen LogP contribution is -2.36. The predicted molar refractivity (Wildman–Crippen MR) is 128 cm³/mol. The van der Waals surface area contributed by atoms with Crippen molar-refractivity contribution in [2.24, 2.45) is 5.41 Å². The van der Waals surface area contributed by atoms with Gasteiger partial charge in [0.15, 0.2) is 5.82 Å². The quantitative estimate of drug-likeness (QED) is 0.679. The van der Waals surface area contributed by atoms with Gasteiger partial charge in [-0.25, -0.2) is 13.4 Å². The van der Waals surface area contributed by atoms with Crippen molar-refractivity contribution in [2.75, 3.05) is 16.8 Å². The van der Waals surface area contributed by atoms with Gasteiger partial charge in [0, 0.05) is 11.3 Å². The summed E-state index contributed by atoms with van der Waals surface area (Å²) in [6, 6.07) is 9.82. The fourth-order valence-electron chi connectivity index (χ4n) is 4.56. The van der Waals surface area contributed by atoms with Crippen molar-refractivity contribution in [1.29, 1.82) is 10.5 Å². The number of nitrogens with zero attached hydrogens (tertiary/aromatic N) is 3. The number of imidazole rings is 1. The van der Waals surface area contributed by atoms with Crippen LogP contribution < -0.4 is 5.32 Å². The van der Waals surface area contributed by atoms with Crippen LogP contribution >= 0.6 is 0 Å². The summed E-state index contributed by atoms with van der Waals surface area (Å²) in [4.78, 5) is 19.5. The molecule has 176 valence electrons. The Morgan fingerprint density at radius 1 is 1.18 bits per heavy atom. The summed E-state index contributed by atoms with van der Waals surface area (Å²) >= 11 is 0. The molecule has 0 spiro atoms. The van der Waals surface area contributed by atoms with E-state index in [0.717, 1.165) is 36.0 Å². The van der Waals surface area contributed by atoms with Gasteiger partial charge < -0.3 is 10.3 Å². The average Bonchev–Trinajstić information content (AvgIpc) is 3.30. The highest BCUT2D eigenvalue weighted by molar-refractivity contribution is 7.91. The number of H-pyrrole nitrogens is 1. The molecule has 1 aromatic carbocycles. The van der Waals surface area contributed by atoms with Gasteiger partial charge in [-0.1, -0.05) is 26.0 Å². The number of amides is 1. The molecular formula is C25H27N5O3S. The molecular weight excluding hydrogens is 450 g/mol. The first-order valence-electron chi connectivity index (χ1n) is 11.3. The van der Waals surface area contributed by atoms with Gasteiger partial charge in [0.2, 0.25) is 0 Å². The SMILES string of the molecule is CC1(C)CC=C(c2cc(C3(C#N)CCS(=O)(=O)CC3)ccc2NC(=O)c2ncc(C#N)[nH]2)CC1. The number of benzene rings is 1. The summed E-state index contributed by atoms with van der Waals surface area (Å²) in [5.41, 5.74) is 2.79. The maximum absolute atomic E-state index is 12.8. The largest absolute Gasteiger partial charge is 0.326 e. The molecule has 1 saturated heterocycles. The number of nitrogens with one attached hydrogen (secondary N) is 2. The number of anilines is 1. The van der Waals surface area contributed by atoms with E-state index in [0.29, 0.717) is 5.69 Å². The van der Waals surface area contributed by atoms with Gasteiger partial charge in [0.05, 0.1) is 29.2 Å². The van der Waals surface area contributed by atoms with Crippen molar-refractivity contribution in [2.45, 2.75) is 51.4 Å². The first kappa shape index (κ1) is 23.7. The molecule has 0 atom stereocenters. The third kappa shape index (κ3) is 4.76. The number of carbonyl (C=O) groups excluding carboxylic acids is 1. The zero-order chi connectivity index (χ0) is 24.6. The van der Waals surface area contributed by atoms with Crippen molar-refractivity contribution in [3.05, 3.63) is 53.1 Å². The van der Waals surface area contributed by atoms with Crippen LogP contribution in [0.15, 0.2) is 30.5 Å².